The van der Waals surface area contributed by atoms with Crippen molar-refractivity contribution in [1.29, 1.82) is 0 Å². The Labute approximate surface area is 158 Å². The van der Waals surface area contributed by atoms with Crippen molar-refractivity contribution >= 4 is 17.8 Å². The Morgan fingerprint density at radius 3 is 2.61 bits per heavy atom. The van der Waals surface area contributed by atoms with Gasteiger partial charge in [0.15, 0.2) is 0 Å². The van der Waals surface area contributed by atoms with Gasteiger partial charge in [-0.3, -0.25) is 4.79 Å². The highest BCUT2D eigenvalue weighted by Gasteiger charge is 2.28. The molecule has 0 aliphatic carbocycles. The third kappa shape index (κ3) is 4.16. The van der Waals surface area contributed by atoms with Gasteiger partial charge in [0.05, 0.1) is 17.8 Å². The summed E-state index contributed by atoms with van der Waals surface area (Å²) in [6.07, 6.45) is 0. The van der Waals surface area contributed by atoms with Crippen molar-refractivity contribution in [2.24, 2.45) is 0 Å². The minimum Gasteiger partial charge on any atom is -0.366 e. The number of pyridine rings is 1. The quantitative estimate of drug-likeness (QED) is 0.701. The summed E-state index contributed by atoms with van der Waals surface area (Å²) in [5.41, 5.74) is 0.654. The lowest BCUT2D eigenvalue weighted by Gasteiger charge is -2.15. The molecule has 1 aliphatic heterocycles. The van der Waals surface area contributed by atoms with Gasteiger partial charge in [-0.1, -0.05) is 0 Å². The molecule has 0 spiro atoms. The molecule has 1 aliphatic rings. The lowest BCUT2D eigenvalue weighted by atomic mass is 10.2. The van der Waals surface area contributed by atoms with E-state index in [1.807, 2.05) is 0 Å². The molecule has 0 saturated heterocycles. The van der Waals surface area contributed by atoms with Gasteiger partial charge in [-0.15, -0.1) is 0 Å². The molecule has 0 atom stereocenters. The highest BCUT2D eigenvalue weighted by Crippen LogP contribution is 2.23. The molecule has 7 nitrogen and oxygen atoms in total. The highest BCUT2D eigenvalue weighted by atomic mass is 19.1. The molecule has 0 saturated carbocycles. The van der Waals surface area contributed by atoms with E-state index >= 15 is 0 Å². The van der Waals surface area contributed by atoms with Crippen LogP contribution in [0.5, 0.6) is 0 Å². The Hall–Kier alpha value is -3.30. The maximum Gasteiger partial charge on any atom is 0.314 e. The van der Waals surface area contributed by atoms with E-state index in [1.54, 1.807) is 6.07 Å². The van der Waals surface area contributed by atoms with Crippen molar-refractivity contribution in [2.75, 3.05) is 25.5 Å². The average molecular weight is 393 g/mol. The number of hydrogen-bond acceptors (Lipinski definition) is 4. The van der Waals surface area contributed by atoms with Crippen LogP contribution < -0.4 is 16.0 Å². The topological polar surface area (TPSA) is 86.4 Å². The van der Waals surface area contributed by atoms with Gasteiger partial charge in [0.2, 0.25) is 0 Å². The van der Waals surface area contributed by atoms with Gasteiger partial charge in [-0.05, 0) is 12.1 Å². The zero-order valence-corrected chi connectivity index (χ0v) is 15.0. The molecule has 2 aromatic rings. The number of amides is 3. The molecule has 3 amide bonds. The molecule has 1 aromatic carbocycles. The van der Waals surface area contributed by atoms with Gasteiger partial charge in [-0.25, -0.2) is 22.9 Å². The van der Waals surface area contributed by atoms with Crippen molar-refractivity contribution in [1.82, 2.24) is 20.5 Å². The fourth-order valence-corrected chi connectivity index (χ4v) is 2.83. The molecular formula is C18H18F3N5O2. The SMILES string of the molecule is CNC(=O)NCCN1Cc2nc(NCc3c(F)cc(F)cc3F)ccc2C1=O. The molecule has 0 bridgehead atoms. The third-order valence-corrected chi connectivity index (χ3v) is 4.28. The maximum absolute atomic E-state index is 13.7. The summed E-state index contributed by atoms with van der Waals surface area (Å²) in [4.78, 5) is 29.4. The van der Waals surface area contributed by atoms with E-state index in [2.05, 4.69) is 20.9 Å². The molecule has 0 fully saturated rings. The van der Waals surface area contributed by atoms with Crippen molar-refractivity contribution in [3.8, 4) is 0 Å². The summed E-state index contributed by atoms with van der Waals surface area (Å²) >= 11 is 0. The minimum atomic E-state index is -0.990. The van der Waals surface area contributed by atoms with Crippen LogP contribution in [0.15, 0.2) is 24.3 Å². The summed E-state index contributed by atoms with van der Waals surface area (Å²) in [6.45, 7) is 0.640. The summed E-state index contributed by atoms with van der Waals surface area (Å²) < 4.78 is 40.4. The van der Waals surface area contributed by atoms with Crippen LogP contribution in [-0.4, -0.2) is 42.0 Å². The second-order valence-corrected chi connectivity index (χ2v) is 6.12. The Balaban J connectivity index is 1.63. The van der Waals surface area contributed by atoms with E-state index in [9.17, 15) is 22.8 Å². The molecule has 10 heteroatoms. The van der Waals surface area contributed by atoms with Gasteiger partial charge < -0.3 is 20.9 Å². The number of carbonyl (C=O) groups excluding carboxylic acids is 2. The van der Waals surface area contributed by atoms with Gasteiger partial charge in [-0.2, -0.15) is 0 Å². The van der Waals surface area contributed by atoms with Gasteiger partial charge >= 0.3 is 6.03 Å². The number of aromatic nitrogens is 1. The van der Waals surface area contributed by atoms with E-state index in [4.69, 9.17) is 0 Å². The van der Waals surface area contributed by atoms with Crippen LogP contribution in [0.4, 0.5) is 23.8 Å². The zero-order chi connectivity index (χ0) is 20.3. The Morgan fingerprint density at radius 2 is 1.93 bits per heavy atom. The van der Waals surface area contributed by atoms with Crippen LogP contribution >= 0.6 is 0 Å². The molecule has 1 aromatic heterocycles. The van der Waals surface area contributed by atoms with Gasteiger partial charge in [0.1, 0.15) is 23.3 Å². The zero-order valence-electron chi connectivity index (χ0n) is 15.0. The lowest BCUT2D eigenvalue weighted by molar-refractivity contribution is 0.0780. The van der Waals surface area contributed by atoms with Crippen LogP contribution in [0.1, 0.15) is 21.6 Å². The fraction of sp³-hybridized carbons (Fsp3) is 0.278. The van der Waals surface area contributed by atoms with Crippen LogP contribution in [0.3, 0.4) is 0 Å². The molecule has 28 heavy (non-hydrogen) atoms. The monoisotopic (exact) mass is 393 g/mol. The van der Waals surface area contributed by atoms with E-state index in [-0.39, 0.29) is 37.1 Å². The number of rotatable bonds is 6. The number of carbonyl (C=O) groups is 2. The summed E-state index contributed by atoms with van der Waals surface area (Å²) in [5, 5.41) is 7.79. The second-order valence-electron chi connectivity index (χ2n) is 6.12. The van der Waals surface area contributed by atoms with Crippen LogP contribution in [-0.2, 0) is 13.1 Å². The molecule has 2 heterocycles. The smallest absolute Gasteiger partial charge is 0.314 e. The van der Waals surface area contributed by atoms with E-state index in [1.165, 1.54) is 18.0 Å². The van der Waals surface area contributed by atoms with Crippen LogP contribution in [0.2, 0.25) is 0 Å². The molecule has 3 N–H and O–H groups in total. The van der Waals surface area contributed by atoms with Crippen molar-refractivity contribution < 1.29 is 22.8 Å². The first kappa shape index (κ1) is 19.5. The molecule has 0 unspecified atom stereocenters. The minimum absolute atomic E-state index is 0.205. The van der Waals surface area contributed by atoms with Crippen molar-refractivity contribution in [2.45, 2.75) is 13.1 Å². The number of urea groups is 1. The van der Waals surface area contributed by atoms with Crippen LogP contribution in [0.25, 0.3) is 0 Å². The molecule has 3 rings (SSSR count). The number of halogens is 3. The average Bonchev–Trinajstić information content (AvgIpc) is 2.96. The Morgan fingerprint density at radius 1 is 1.21 bits per heavy atom. The molecular weight excluding hydrogens is 375 g/mol. The first-order chi connectivity index (χ1) is 13.4. The first-order valence-corrected chi connectivity index (χ1v) is 8.51. The number of nitrogens with zero attached hydrogens (tertiary/aromatic N) is 2. The second kappa shape index (κ2) is 8.15. The Kier molecular flexibility index (Phi) is 5.67. The predicted molar refractivity (Wildman–Crippen MR) is 95.1 cm³/mol. The Bertz CT molecular complexity index is 899. The predicted octanol–water partition coefficient (Wildman–Crippen LogP) is 2.00. The van der Waals surface area contributed by atoms with Crippen molar-refractivity contribution in [3.05, 3.63) is 58.5 Å². The van der Waals surface area contributed by atoms with Gasteiger partial charge in [0, 0.05) is 44.4 Å². The van der Waals surface area contributed by atoms with E-state index < -0.39 is 17.5 Å². The summed E-state index contributed by atoms with van der Waals surface area (Å²) in [5.74, 6) is -2.84. The highest BCUT2D eigenvalue weighted by molar-refractivity contribution is 5.98. The number of hydrogen-bond donors (Lipinski definition) is 3. The standard InChI is InChI=1S/C18H18F3N5O2/c1-22-18(28)23-4-5-26-9-15-11(17(26)27)2-3-16(25-15)24-8-12-13(20)6-10(19)7-14(12)21/h2-3,6-7H,4-5,8-9H2,1H3,(H,24,25)(H2,22,23,28). The third-order valence-electron chi connectivity index (χ3n) is 4.28. The number of anilines is 1. The number of fused-ring (bicyclic) bond motifs is 1. The van der Waals surface area contributed by atoms with Crippen LogP contribution in [0, 0.1) is 17.5 Å². The molecule has 148 valence electrons. The first-order valence-electron chi connectivity index (χ1n) is 8.51. The maximum atomic E-state index is 13.7. The number of nitrogens with one attached hydrogen (secondary N) is 3. The largest absolute Gasteiger partial charge is 0.366 e. The number of benzene rings is 1. The van der Waals surface area contributed by atoms with E-state index in [0.29, 0.717) is 35.8 Å². The lowest BCUT2D eigenvalue weighted by Crippen LogP contribution is -2.39. The molecule has 0 radical (unpaired) electrons. The summed E-state index contributed by atoms with van der Waals surface area (Å²) in [6, 6.07) is 3.99. The van der Waals surface area contributed by atoms with Gasteiger partial charge in [0.25, 0.3) is 5.91 Å². The summed E-state index contributed by atoms with van der Waals surface area (Å²) in [7, 11) is 1.49. The normalized spacial score (nSPS) is 12.7. The van der Waals surface area contributed by atoms with Crippen molar-refractivity contribution in [3.63, 3.8) is 0 Å². The fourth-order valence-electron chi connectivity index (χ4n) is 2.83. The van der Waals surface area contributed by atoms with E-state index in [0.717, 1.165) is 0 Å².